The Morgan fingerprint density at radius 2 is 1.81 bits per heavy atom. The minimum atomic E-state index is -0.501. The van der Waals surface area contributed by atoms with Crippen LogP contribution in [0.25, 0.3) is 0 Å². The first-order chi connectivity index (χ1) is 13.1. The summed E-state index contributed by atoms with van der Waals surface area (Å²) in [6.07, 6.45) is 2.07. The van der Waals surface area contributed by atoms with Crippen LogP contribution < -0.4 is 15.4 Å². The number of anilines is 4. The molecule has 0 spiro atoms. The average molecular weight is 365 g/mol. The number of hydrogen-bond donors (Lipinski definition) is 2. The van der Waals surface area contributed by atoms with Crippen molar-refractivity contribution in [3.05, 3.63) is 70.5 Å². The molecule has 2 N–H and O–H groups in total. The molecule has 0 radical (unpaired) electrons. The van der Waals surface area contributed by atoms with Gasteiger partial charge in [0, 0.05) is 17.4 Å². The summed E-state index contributed by atoms with van der Waals surface area (Å²) in [5.74, 6) is 0.855. The Bertz CT molecular complexity index is 962. The molecule has 3 rings (SSSR count). The summed E-state index contributed by atoms with van der Waals surface area (Å²) >= 11 is 0. The summed E-state index contributed by atoms with van der Waals surface area (Å²) in [5, 5.41) is 17.8. The smallest absolute Gasteiger partial charge is 0.353 e. The van der Waals surface area contributed by atoms with E-state index in [2.05, 4.69) is 20.6 Å². The Kier molecular flexibility index (Phi) is 5.46. The number of nitrogens with one attached hydrogen (secondary N) is 2. The lowest BCUT2D eigenvalue weighted by atomic mass is 10.1. The first kappa shape index (κ1) is 18.1. The Labute approximate surface area is 156 Å². The lowest BCUT2D eigenvalue weighted by molar-refractivity contribution is -0.383. The van der Waals surface area contributed by atoms with E-state index in [0.717, 1.165) is 17.7 Å². The highest BCUT2D eigenvalue weighted by Crippen LogP contribution is 2.34. The first-order valence-corrected chi connectivity index (χ1v) is 8.37. The molecule has 0 saturated heterocycles. The molecule has 0 saturated carbocycles. The fourth-order valence-electron chi connectivity index (χ4n) is 2.65. The van der Waals surface area contributed by atoms with Gasteiger partial charge in [-0.1, -0.05) is 31.2 Å². The van der Waals surface area contributed by atoms with Crippen molar-refractivity contribution >= 4 is 28.7 Å². The average Bonchev–Trinajstić information content (AvgIpc) is 2.68. The summed E-state index contributed by atoms with van der Waals surface area (Å²) in [7, 11) is 1.56. The van der Waals surface area contributed by atoms with E-state index in [1.54, 1.807) is 31.4 Å². The second kappa shape index (κ2) is 8.13. The Balaban J connectivity index is 1.98. The van der Waals surface area contributed by atoms with E-state index in [4.69, 9.17) is 4.74 Å². The normalized spacial score (nSPS) is 10.3. The van der Waals surface area contributed by atoms with Gasteiger partial charge < -0.3 is 15.4 Å². The monoisotopic (exact) mass is 365 g/mol. The predicted octanol–water partition coefficient (Wildman–Crippen LogP) is 4.44. The number of hydrogen-bond acceptors (Lipinski definition) is 7. The summed E-state index contributed by atoms with van der Waals surface area (Å²) in [4.78, 5) is 19.3. The van der Waals surface area contributed by atoms with Crippen LogP contribution in [0.3, 0.4) is 0 Å². The molecule has 8 nitrogen and oxygen atoms in total. The maximum atomic E-state index is 11.7. The van der Waals surface area contributed by atoms with Crippen molar-refractivity contribution in [1.29, 1.82) is 0 Å². The molecule has 0 amide bonds. The van der Waals surface area contributed by atoms with Crippen molar-refractivity contribution in [2.24, 2.45) is 0 Å². The van der Waals surface area contributed by atoms with Crippen LogP contribution in [-0.2, 0) is 6.42 Å². The van der Waals surface area contributed by atoms with Crippen LogP contribution in [0.1, 0.15) is 12.5 Å². The summed E-state index contributed by atoms with van der Waals surface area (Å²) in [6.45, 7) is 2.02. The quantitative estimate of drug-likeness (QED) is 0.471. The Hall–Kier alpha value is -3.68. The predicted molar refractivity (Wildman–Crippen MR) is 104 cm³/mol. The summed E-state index contributed by atoms with van der Waals surface area (Å²) in [5.41, 5.74) is 2.20. The Morgan fingerprint density at radius 3 is 2.52 bits per heavy atom. The third-order valence-corrected chi connectivity index (χ3v) is 3.99. The molecule has 0 aliphatic heterocycles. The fourth-order valence-corrected chi connectivity index (χ4v) is 2.65. The van der Waals surface area contributed by atoms with Crippen LogP contribution in [0.5, 0.6) is 5.75 Å². The van der Waals surface area contributed by atoms with Crippen molar-refractivity contribution in [2.45, 2.75) is 13.3 Å². The standard InChI is InChI=1S/C19H19N5O3/c1-3-13-7-4-5-10-16(13)23-19-17(24(25)26)18(20-12-21-19)22-14-8-6-9-15(11-14)27-2/h4-12H,3H2,1-2H3,(H2,20,21,22,23). The van der Waals surface area contributed by atoms with Crippen LogP contribution in [0, 0.1) is 10.1 Å². The van der Waals surface area contributed by atoms with E-state index in [-0.39, 0.29) is 17.3 Å². The maximum Gasteiger partial charge on any atom is 0.353 e. The van der Waals surface area contributed by atoms with Crippen LogP contribution in [0.2, 0.25) is 0 Å². The molecule has 1 heterocycles. The second-order valence-corrected chi connectivity index (χ2v) is 5.67. The van der Waals surface area contributed by atoms with Gasteiger partial charge in [0.15, 0.2) is 0 Å². The SMILES string of the molecule is CCc1ccccc1Nc1ncnc(Nc2cccc(OC)c2)c1[N+](=O)[O-]. The number of aromatic nitrogens is 2. The number of nitrogens with zero attached hydrogens (tertiary/aromatic N) is 3. The largest absolute Gasteiger partial charge is 0.497 e. The molecular weight excluding hydrogens is 346 g/mol. The molecule has 0 unspecified atom stereocenters. The van der Waals surface area contributed by atoms with Gasteiger partial charge in [0.05, 0.1) is 12.0 Å². The minimum absolute atomic E-state index is 0.0970. The molecule has 0 atom stereocenters. The summed E-state index contributed by atoms with van der Waals surface area (Å²) < 4.78 is 5.18. The number of ether oxygens (including phenoxy) is 1. The molecule has 8 heteroatoms. The number of aryl methyl sites for hydroxylation is 1. The maximum absolute atomic E-state index is 11.7. The van der Waals surface area contributed by atoms with Crippen molar-refractivity contribution < 1.29 is 9.66 Å². The lowest BCUT2D eigenvalue weighted by Gasteiger charge is -2.12. The third kappa shape index (κ3) is 4.12. The van der Waals surface area contributed by atoms with Gasteiger partial charge in [-0.25, -0.2) is 9.97 Å². The molecular formula is C19H19N5O3. The topological polar surface area (TPSA) is 102 Å². The molecule has 0 aliphatic carbocycles. The number of rotatable bonds is 7. The molecule has 138 valence electrons. The highest BCUT2D eigenvalue weighted by atomic mass is 16.6. The van der Waals surface area contributed by atoms with E-state index in [9.17, 15) is 10.1 Å². The number of methoxy groups -OCH3 is 1. The zero-order valence-electron chi connectivity index (χ0n) is 15.0. The fraction of sp³-hybridized carbons (Fsp3) is 0.158. The van der Waals surface area contributed by atoms with Crippen LogP contribution in [-0.4, -0.2) is 22.0 Å². The lowest BCUT2D eigenvalue weighted by Crippen LogP contribution is -2.06. The van der Waals surface area contributed by atoms with Crippen LogP contribution in [0.4, 0.5) is 28.7 Å². The number of nitro groups is 1. The van der Waals surface area contributed by atoms with Gasteiger partial charge in [0.2, 0.25) is 11.6 Å². The Morgan fingerprint density at radius 1 is 1.07 bits per heavy atom. The zero-order chi connectivity index (χ0) is 19.2. The molecule has 0 fully saturated rings. The number of para-hydroxylation sites is 1. The van der Waals surface area contributed by atoms with Crippen LogP contribution in [0.15, 0.2) is 54.9 Å². The van der Waals surface area contributed by atoms with E-state index in [1.165, 1.54) is 6.33 Å². The van der Waals surface area contributed by atoms with E-state index in [0.29, 0.717) is 11.4 Å². The van der Waals surface area contributed by atoms with E-state index in [1.807, 2.05) is 31.2 Å². The third-order valence-electron chi connectivity index (χ3n) is 3.99. The van der Waals surface area contributed by atoms with E-state index >= 15 is 0 Å². The first-order valence-electron chi connectivity index (χ1n) is 8.37. The summed E-state index contributed by atoms with van der Waals surface area (Å²) in [6, 6.07) is 14.7. The van der Waals surface area contributed by atoms with Gasteiger partial charge in [-0.2, -0.15) is 0 Å². The van der Waals surface area contributed by atoms with Gasteiger partial charge in [0.25, 0.3) is 0 Å². The van der Waals surface area contributed by atoms with Gasteiger partial charge in [-0.3, -0.25) is 10.1 Å². The molecule has 1 aromatic heterocycles. The van der Waals surface area contributed by atoms with Crippen molar-refractivity contribution in [1.82, 2.24) is 9.97 Å². The van der Waals surface area contributed by atoms with Gasteiger partial charge in [0.1, 0.15) is 12.1 Å². The molecule has 0 bridgehead atoms. The highest BCUT2D eigenvalue weighted by molar-refractivity contribution is 5.77. The van der Waals surface area contributed by atoms with Crippen molar-refractivity contribution in [3.63, 3.8) is 0 Å². The van der Waals surface area contributed by atoms with E-state index < -0.39 is 4.92 Å². The van der Waals surface area contributed by atoms with Crippen LogP contribution >= 0.6 is 0 Å². The molecule has 27 heavy (non-hydrogen) atoms. The second-order valence-electron chi connectivity index (χ2n) is 5.67. The van der Waals surface area contributed by atoms with Crippen molar-refractivity contribution in [3.8, 4) is 5.75 Å². The number of benzene rings is 2. The van der Waals surface area contributed by atoms with Crippen molar-refractivity contribution in [2.75, 3.05) is 17.7 Å². The zero-order valence-corrected chi connectivity index (χ0v) is 15.0. The molecule has 0 aliphatic rings. The van der Waals surface area contributed by atoms with Gasteiger partial charge >= 0.3 is 5.69 Å². The van der Waals surface area contributed by atoms with Gasteiger partial charge in [-0.05, 0) is 30.2 Å². The molecule has 2 aromatic carbocycles. The highest BCUT2D eigenvalue weighted by Gasteiger charge is 2.23. The van der Waals surface area contributed by atoms with Gasteiger partial charge in [-0.15, -0.1) is 0 Å². The molecule has 3 aromatic rings. The minimum Gasteiger partial charge on any atom is -0.497 e.